The first kappa shape index (κ1) is 12.5. The Bertz CT molecular complexity index is 175. The summed E-state index contributed by atoms with van der Waals surface area (Å²) in [5.74, 6) is -0.329. The molecule has 0 bridgehead atoms. The van der Waals surface area contributed by atoms with Crippen molar-refractivity contribution in [1.29, 1.82) is 0 Å². The molecule has 1 saturated carbocycles. The van der Waals surface area contributed by atoms with Crippen LogP contribution in [-0.2, 0) is 19.0 Å². The number of esters is 1. The Balaban J connectivity index is 1.93. The molecule has 0 aromatic carbocycles. The Labute approximate surface area is 90.9 Å². The van der Waals surface area contributed by atoms with E-state index < -0.39 is 0 Å². The van der Waals surface area contributed by atoms with Crippen LogP contribution in [0.1, 0.15) is 39.0 Å². The molecule has 1 rings (SSSR count). The Morgan fingerprint density at radius 1 is 1.27 bits per heavy atom. The van der Waals surface area contributed by atoms with Crippen LogP contribution in [0.15, 0.2) is 0 Å². The van der Waals surface area contributed by atoms with E-state index in [2.05, 4.69) is 0 Å². The Kier molecular flexibility index (Phi) is 6.36. The van der Waals surface area contributed by atoms with Gasteiger partial charge in [-0.25, -0.2) is 4.79 Å². The lowest BCUT2D eigenvalue weighted by Gasteiger charge is -2.21. The molecule has 0 saturated heterocycles. The summed E-state index contributed by atoms with van der Waals surface area (Å²) in [7, 11) is 0. The Morgan fingerprint density at radius 2 is 2.00 bits per heavy atom. The summed E-state index contributed by atoms with van der Waals surface area (Å²) in [6.07, 6.45) is 6.33. The van der Waals surface area contributed by atoms with Gasteiger partial charge in [-0.3, -0.25) is 0 Å². The van der Waals surface area contributed by atoms with Gasteiger partial charge in [0.25, 0.3) is 0 Å². The fourth-order valence-corrected chi connectivity index (χ4v) is 1.70. The van der Waals surface area contributed by atoms with Crippen LogP contribution in [-0.4, -0.2) is 32.1 Å². The van der Waals surface area contributed by atoms with Gasteiger partial charge in [0.15, 0.2) is 0 Å². The van der Waals surface area contributed by atoms with Crippen molar-refractivity contribution in [3.05, 3.63) is 0 Å². The van der Waals surface area contributed by atoms with E-state index in [4.69, 9.17) is 14.2 Å². The molecule has 4 heteroatoms. The second-order valence-electron chi connectivity index (χ2n) is 3.70. The van der Waals surface area contributed by atoms with Crippen LogP contribution in [0.2, 0.25) is 0 Å². The van der Waals surface area contributed by atoms with Crippen molar-refractivity contribution in [2.24, 2.45) is 0 Å². The minimum Gasteiger partial charge on any atom is -0.464 e. The van der Waals surface area contributed by atoms with Crippen molar-refractivity contribution in [3.8, 4) is 0 Å². The van der Waals surface area contributed by atoms with Crippen molar-refractivity contribution >= 4 is 5.97 Å². The van der Waals surface area contributed by atoms with Gasteiger partial charge in [0.1, 0.15) is 13.4 Å². The van der Waals surface area contributed by atoms with Crippen LogP contribution < -0.4 is 0 Å². The van der Waals surface area contributed by atoms with Crippen molar-refractivity contribution < 1.29 is 19.0 Å². The molecule has 1 aliphatic carbocycles. The molecule has 0 amide bonds. The van der Waals surface area contributed by atoms with E-state index in [0.717, 1.165) is 12.8 Å². The molecule has 0 atom stereocenters. The second-order valence-corrected chi connectivity index (χ2v) is 3.70. The molecule has 15 heavy (non-hydrogen) atoms. The highest BCUT2D eigenvalue weighted by atomic mass is 16.7. The first-order chi connectivity index (χ1) is 7.33. The minimum absolute atomic E-state index is 0.0133. The smallest absolute Gasteiger partial charge is 0.332 e. The topological polar surface area (TPSA) is 44.8 Å². The van der Waals surface area contributed by atoms with E-state index in [0.29, 0.717) is 12.7 Å². The van der Waals surface area contributed by atoms with Gasteiger partial charge in [-0.2, -0.15) is 0 Å². The van der Waals surface area contributed by atoms with Crippen molar-refractivity contribution in [1.82, 2.24) is 0 Å². The first-order valence-electron chi connectivity index (χ1n) is 5.68. The van der Waals surface area contributed by atoms with Gasteiger partial charge < -0.3 is 14.2 Å². The van der Waals surface area contributed by atoms with E-state index in [9.17, 15) is 4.79 Å². The van der Waals surface area contributed by atoms with E-state index >= 15 is 0 Å². The molecule has 4 nitrogen and oxygen atoms in total. The van der Waals surface area contributed by atoms with Gasteiger partial charge in [-0.15, -0.1) is 0 Å². The van der Waals surface area contributed by atoms with Crippen LogP contribution >= 0.6 is 0 Å². The SMILES string of the molecule is CCOC(=O)COCOC1CCCCC1. The fourth-order valence-electron chi connectivity index (χ4n) is 1.70. The molecule has 0 aromatic rings. The molecular weight excluding hydrogens is 196 g/mol. The average molecular weight is 216 g/mol. The predicted octanol–water partition coefficient (Wildman–Crippen LogP) is 1.87. The molecule has 0 unspecified atom stereocenters. The van der Waals surface area contributed by atoms with Crippen molar-refractivity contribution in [2.75, 3.05) is 20.0 Å². The Morgan fingerprint density at radius 3 is 2.67 bits per heavy atom. The molecular formula is C11H20O4. The summed E-state index contributed by atoms with van der Waals surface area (Å²) in [6.45, 7) is 2.35. The zero-order valence-corrected chi connectivity index (χ0v) is 9.37. The highest BCUT2D eigenvalue weighted by molar-refractivity contribution is 5.70. The summed E-state index contributed by atoms with van der Waals surface area (Å²) in [4.78, 5) is 10.9. The van der Waals surface area contributed by atoms with Crippen molar-refractivity contribution in [3.63, 3.8) is 0 Å². The summed E-state index contributed by atoms with van der Waals surface area (Å²) in [5, 5.41) is 0. The lowest BCUT2D eigenvalue weighted by molar-refractivity contribution is -0.157. The lowest BCUT2D eigenvalue weighted by Crippen LogP contribution is -2.20. The highest BCUT2D eigenvalue weighted by Crippen LogP contribution is 2.19. The van der Waals surface area contributed by atoms with Crippen LogP contribution in [0.25, 0.3) is 0 Å². The molecule has 1 aliphatic rings. The number of rotatable bonds is 6. The summed E-state index contributed by atoms with van der Waals surface area (Å²) >= 11 is 0. The van der Waals surface area contributed by atoms with E-state index in [-0.39, 0.29) is 19.4 Å². The van der Waals surface area contributed by atoms with Gasteiger partial charge in [0.2, 0.25) is 0 Å². The number of carbonyl (C=O) groups is 1. The summed E-state index contributed by atoms with van der Waals surface area (Å²) < 4.78 is 15.2. The predicted molar refractivity (Wildman–Crippen MR) is 55.4 cm³/mol. The van der Waals surface area contributed by atoms with Gasteiger partial charge >= 0.3 is 5.97 Å². The largest absolute Gasteiger partial charge is 0.464 e. The monoisotopic (exact) mass is 216 g/mol. The maximum absolute atomic E-state index is 10.9. The molecule has 0 radical (unpaired) electrons. The number of ether oxygens (including phenoxy) is 3. The number of hydrogen-bond acceptors (Lipinski definition) is 4. The van der Waals surface area contributed by atoms with E-state index in [1.165, 1.54) is 19.3 Å². The maximum Gasteiger partial charge on any atom is 0.332 e. The second kappa shape index (κ2) is 7.65. The molecule has 0 spiro atoms. The molecule has 0 heterocycles. The zero-order chi connectivity index (χ0) is 10.9. The molecule has 0 aromatic heterocycles. The van der Waals surface area contributed by atoms with E-state index in [1.54, 1.807) is 6.92 Å². The van der Waals surface area contributed by atoms with Crippen LogP contribution in [0.3, 0.4) is 0 Å². The molecule has 0 N–H and O–H groups in total. The third-order valence-electron chi connectivity index (χ3n) is 2.46. The van der Waals surface area contributed by atoms with Crippen molar-refractivity contribution in [2.45, 2.75) is 45.1 Å². The average Bonchev–Trinajstić information content (AvgIpc) is 2.26. The number of carbonyl (C=O) groups excluding carboxylic acids is 1. The van der Waals surface area contributed by atoms with Crippen LogP contribution in [0.4, 0.5) is 0 Å². The first-order valence-corrected chi connectivity index (χ1v) is 5.68. The van der Waals surface area contributed by atoms with Gasteiger partial charge in [-0.1, -0.05) is 19.3 Å². The highest BCUT2D eigenvalue weighted by Gasteiger charge is 2.13. The van der Waals surface area contributed by atoms with Gasteiger partial charge in [0.05, 0.1) is 12.7 Å². The summed E-state index contributed by atoms with van der Waals surface area (Å²) in [5.41, 5.74) is 0. The Hall–Kier alpha value is -0.610. The lowest BCUT2D eigenvalue weighted by atomic mass is 9.98. The third-order valence-corrected chi connectivity index (χ3v) is 2.46. The van der Waals surface area contributed by atoms with Gasteiger partial charge in [0, 0.05) is 0 Å². The quantitative estimate of drug-likeness (QED) is 0.386. The molecule has 1 fully saturated rings. The zero-order valence-electron chi connectivity index (χ0n) is 9.37. The number of hydrogen-bond donors (Lipinski definition) is 0. The third kappa shape index (κ3) is 5.74. The van der Waals surface area contributed by atoms with Crippen LogP contribution in [0, 0.1) is 0 Å². The maximum atomic E-state index is 10.9. The minimum atomic E-state index is -0.329. The van der Waals surface area contributed by atoms with E-state index in [1.807, 2.05) is 0 Å². The van der Waals surface area contributed by atoms with Crippen LogP contribution in [0.5, 0.6) is 0 Å². The van der Waals surface area contributed by atoms with Gasteiger partial charge in [-0.05, 0) is 19.8 Å². The molecule has 0 aliphatic heterocycles. The molecule has 88 valence electrons. The fraction of sp³-hybridized carbons (Fsp3) is 0.909. The normalized spacial score (nSPS) is 17.7. The standard InChI is InChI=1S/C11H20O4/c1-2-14-11(12)8-13-9-15-10-6-4-3-5-7-10/h10H,2-9H2,1H3. The summed E-state index contributed by atoms with van der Waals surface area (Å²) in [6, 6.07) is 0.